The van der Waals surface area contributed by atoms with Crippen molar-refractivity contribution < 1.29 is 27.8 Å². The predicted octanol–water partition coefficient (Wildman–Crippen LogP) is 4.88. The third-order valence-electron chi connectivity index (χ3n) is 5.62. The van der Waals surface area contributed by atoms with Gasteiger partial charge in [-0.25, -0.2) is 19.4 Å². The molecule has 1 fully saturated rings. The van der Waals surface area contributed by atoms with Crippen molar-refractivity contribution in [3.63, 3.8) is 0 Å². The number of aliphatic carboxylic acids is 1. The van der Waals surface area contributed by atoms with Crippen molar-refractivity contribution in [1.29, 1.82) is 0 Å². The molecule has 210 valence electrons. The SMILES string of the molecule is Cn1ncnc1-c1ccccc1Nc1nc(Nc2ccc(N3CCOCC3)cc2)ncc1Cl.O=C(O)C(F)(F)F. The van der Waals surface area contributed by atoms with Gasteiger partial charge in [-0.15, -0.1) is 0 Å². The number of carboxylic acid groups (broad SMARTS) is 1. The Bertz CT molecular complexity index is 1440. The first-order valence-electron chi connectivity index (χ1n) is 11.8. The number of alkyl halides is 3. The lowest BCUT2D eigenvalue weighted by Gasteiger charge is -2.28. The van der Waals surface area contributed by atoms with Gasteiger partial charge in [0, 0.05) is 37.1 Å². The first kappa shape index (κ1) is 28.6. The number of nitrogens with zero attached hydrogens (tertiary/aromatic N) is 6. The van der Waals surface area contributed by atoms with Gasteiger partial charge in [0.05, 0.1) is 25.1 Å². The molecule has 3 heterocycles. The molecular weight excluding hydrogens is 553 g/mol. The van der Waals surface area contributed by atoms with Crippen molar-refractivity contribution in [3.05, 3.63) is 66.1 Å². The Kier molecular flexibility index (Phi) is 9.01. The van der Waals surface area contributed by atoms with Gasteiger partial charge in [-0.3, -0.25) is 0 Å². The molecule has 0 saturated carbocycles. The van der Waals surface area contributed by atoms with Crippen molar-refractivity contribution in [2.24, 2.45) is 7.05 Å². The van der Waals surface area contributed by atoms with Crippen molar-refractivity contribution >= 4 is 46.4 Å². The molecule has 2 aromatic heterocycles. The molecule has 0 aliphatic carbocycles. The Balaban J connectivity index is 0.000000470. The fourth-order valence-electron chi connectivity index (χ4n) is 3.68. The standard InChI is InChI=1S/C23H23ClN8O.C2HF3O2/c1-31-22(26-15-27-31)18-4-2-3-5-20(18)29-21-19(24)14-25-23(30-21)28-16-6-8-17(9-7-16)32-10-12-33-13-11-32;3-2(4,5)1(6)7/h2-9,14-15H,10-13H2,1H3,(H2,25,28,29,30);(H,6,7). The van der Waals surface area contributed by atoms with Crippen LogP contribution in [0.25, 0.3) is 11.4 Å². The van der Waals surface area contributed by atoms with Crippen LogP contribution in [0.4, 0.5) is 42.0 Å². The molecule has 4 aromatic rings. The molecule has 0 spiro atoms. The minimum Gasteiger partial charge on any atom is -0.475 e. The van der Waals surface area contributed by atoms with Crippen LogP contribution in [0, 0.1) is 0 Å². The van der Waals surface area contributed by atoms with Crippen LogP contribution < -0.4 is 15.5 Å². The van der Waals surface area contributed by atoms with Crippen molar-refractivity contribution in [3.8, 4) is 11.4 Å². The summed E-state index contributed by atoms with van der Waals surface area (Å²) in [6, 6.07) is 16.0. The number of aryl methyl sites for hydroxylation is 1. The van der Waals surface area contributed by atoms with E-state index in [1.807, 2.05) is 43.4 Å². The second kappa shape index (κ2) is 12.6. The number of morpholine rings is 1. The average Bonchev–Trinajstić information content (AvgIpc) is 3.37. The summed E-state index contributed by atoms with van der Waals surface area (Å²) in [6.07, 6.45) is -1.98. The number of anilines is 5. The topological polar surface area (TPSA) is 130 Å². The van der Waals surface area contributed by atoms with E-state index in [0.29, 0.717) is 16.8 Å². The highest BCUT2D eigenvalue weighted by Gasteiger charge is 2.38. The fraction of sp³-hybridized carbons (Fsp3) is 0.240. The first-order chi connectivity index (χ1) is 19.1. The highest BCUT2D eigenvalue weighted by molar-refractivity contribution is 6.33. The lowest BCUT2D eigenvalue weighted by molar-refractivity contribution is -0.192. The summed E-state index contributed by atoms with van der Waals surface area (Å²) in [6.45, 7) is 3.32. The predicted molar refractivity (Wildman–Crippen MR) is 143 cm³/mol. The minimum atomic E-state index is -5.08. The van der Waals surface area contributed by atoms with Crippen molar-refractivity contribution in [1.82, 2.24) is 24.7 Å². The number of rotatable bonds is 6. The second-order valence-electron chi connectivity index (χ2n) is 8.34. The van der Waals surface area contributed by atoms with Gasteiger partial charge in [0.2, 0.25) is 5.95 Å². The Labute approximate surface area is 231 Å². The molecule has 3 N–H and O–H groups in total. The van der Waals surface area contributed by atoms with Crippen LogP contribution in [-0.4, -0.2) is 68.3 Å². The number of halogens is 4. The van der Waals surface area contributed by atoms with Gasteiger partial charge in [-0.05, 0) is 36.4 Å². The zero-order valence-electron chi connectivity index (χ0n) is 21.1. The van der Waals surface area contributed by atoms with E-state index < -0.39 is 12.1 Å². The quantitative estimate of drug-likeness (QED) is 0.292. The fourth-order valence-corrected chi connectivity index (χ4v) is 3.81. The van der Waals surface area contributed by atoms with E-state index in [9.17, 15) is 13.2 Å². The van der Waals surface area contributed by atoms with Gasteiger partial charge in [0.25, 0.3) is 0 Å². The van der Waals surface area contributed by atoms with Gasteiger partial charge in [0.15, 0.2) is 11.6 Å². The lowest BCUT2D eigenvalue weighted by atomic mass is 10.1. The molecule has 11 nitrogen and oxygen atoms in total. The van der Waals surface area contributed by atoms with Crippen molar-refractivity contribution in [2.45, 2.75) is 6.18 Å². The summed E-state index contributed by atoms with van der Waals surface area (Å²) in [7, 11) is 1.85. The minimum absolute atomic E-state index is 0.413. The molecule has 2 aromatic carbocycles. The second-order valence-corrected chi connectivity index (χ2v) is 8.75. The van der Waals surface area contributed by atoms with Gasteiger partial charge in [0.1, 0.15) is 11.3 Å². The molecule has 15 heteroatoms. The Morgan fingerprint density at radius 1 is 1.05 bits per heavy atom. The van der Waals surface area contributed by atoms with Gasteiger partial charge in [-0.2, -0.15) is 23.3 Å². The smallest absolute Gasteiger partial charge is 0.475 e. The van der Waals surface area contributed by atoms with Gasteiger partial charge in [-0.1, -0.05) is 23.7 Å². The monoisotopic (exact) mass is 576 g/mol. The maximum atomic E-state index is 10.6. The van der Waals surface area contributed by atoms with Crippen LogP contribution in [0.5, 0.6) is 0 Å². The van der Waals surface area contributed by atoms with Gasteiger partial charge < -0.3 is 25.4 Å². The molecule has 1 aliphatic rings. The normalized spacial score (nSPS) is 13.3. The molecule has 1 aliphatic heterocycles. The molecule has 0 radical (unpaired) electrons. The van der Waals surface area contributed by atoms with E-state index in [-0.39, 0.29) is 0 Å². The number of hydrogen-bond donors (Lipinski definition) is 3. The zero-order chi connectivity index (χ0) is 28.7. The number of para-hydroxylation sites is 1. The molecule has 0 unspecified atom stereocenters. The molecule has 1 saturated heterocycles. The molecule has 0 atom stereocenters. The molecule has 0 bridgehead atoms. The van der Waals surface area contributed by atoms with Crippen LogP contribution >= 0.6 is 11.6 Å². The lowest BCUT2D eigenvalue weighted by Crippen LogP contribution is -2.36. The highest BCUT2D eigenvalue weighted by Crippen LogP contribution is 2.31. The first-order valence-corrected chi connectivity index (χ1v) is 12.2. The largest absolute Gasteiger partial charge is 0.490 e. The maximum absolute atomic E-state index is 10.6. The zero-order valence-corrected chi connectivity index (χ0v) is 21.8. The third kappa shape index (κ3) is 7.36. The Morgan fingerprint density at radius 2 is 1.73 bits per heavy atom. The number of ether oxygens (including phenoxy) is 1. The summed E-state index contributed by atoms with van der Waals surface area (Å²) in [5.41, 5.74) is 3.76. The van der Waals surface area contributed by atoms with Crippen LogP contribution in [0.2, 0.25) is 5.02 Å². The number of carbonyl (C=O) groups is 1. The summed E-state index contributed by atoms with van der Waals surface area (Å²) in [5.74, 6) is -1.08. The third-order valence-corrected chi connectivity index (χ3v) is 5.90. The van der Waals surface area contributed by atoms with Crippen molar-refractivity contribution in [2.75, 3.05) is 41.8 Å². The average molecular weight is 577 g/mol. The molecule has 5 rings (SSSR count). The number of benzene rings is 2. The van der Waals surface area contributed by atoms with Crippen LogP contribution in [0.1, 0.15) is 0 Å². The van der Waals surface area contributed by atoms with E-state index in [2.05, 4.69) is 47.7 Å². The van der Waals surface area contributed by atoms with Crippen LogP contribution in [0.15, 0.2) is 61.1 Å². The number of hydrogen-bond acceptors (Lipinski definition) is 9. The summed E-state index contributed by atoms with van der Waals surface area (Å²) in [4.78, 5) is 24.5. The number of carboxylic acids is 1. The molecular formula is C25H24ClF3N8O3. The van der Waals surface area contributed by atoms with E-state index >= 15 is 0 Å². The van der Waals surface area contributed by atoms with Gasteiger partial charge >= 0.3 is 12.1 Å². The maximum Gasteiger partial charge on any atom is 0.490 e. The molecule has 0 amide bonds. The summed E-state index contributed by atoms with van der Waals surface area (Å²) < 4.78 is 38.9. The Hall–Kier alpha value is -4.43. The summed E-state index contributed by atoms with van der Waals surface area (Å²) in [5, 5.41) is 18.3. The number of nitrogens with one attached hydrogen (secondary N) is 2. The number of aromatic nitrogens is 5. The van der Waals surface area contributed by atoms with E-state index in [0.717, 1.165) is 49.1 Å². The summed E-state index contributed by atoms with van der Waals surface area (Å²) >= 11 is 6.40. The van der Waals surface area contributed by atoms with E-state index in [1.165, 1.54) is 12.0 Å². The van der Waals surface area contributed by atoms with Crippen LogP contribution in [-0.2, 0) is 16.6 Å². The van der Waals surface area contributed by atoms with E-state index in [4.69, 9.17) is 26.2 Å². The van der Waals surface area contributed by atoms with E-state index in [1.54, 1.807) is 10.9 Å². The highest BCUT2D eigenvalue weighted by atomic mass is 35.5. The van der Waals surface area contributed by atoms with Crippen LogP contribution in [0.3, 0.4) is 0 Å². The molecule has 40 heavy (non-hydrogen) atoms. The Morgan fingerprint density at radius 3 is 2.35 bits per heavy atom.